The third-order valence-electron chi connectivity index (χ3n) is 2.73. The highest BCUT2D eigenvalue weighted by Gasteiger charge is 2.25. The fourth-order valence-electron chi connectivity index (χ4n) is 1.76. The van der Waals surface area contributed by atoms with E-state index in [4.69, 9.17) is 5.11 Å². The van der Waals surface area contributed by atoms with Gasteiger partial charge in [0, 0.05) is 5.92 Å². The fraction of sp³-hybridized carbons (Fsp3) is 0.636. The SMILES string of the molecule is C=CCC(NC(=O)C1CCNCC1)C(=O)O. The summed E-state index contributed by atoms with van der Waals surface area (Å²) < 4.78 is 0. The highest BCUT2D eigenvalue weighted by molar-refractivity contribution is 5.85. The van der Waals surface area contributed by atoms with E-state index in [1.165, 1.54) is 6.08 Å². The van der Waals surface area contributed by atoms with Crippen molar-refractivity contribution in [3.05, 3.63) is 12.7 Å². The fourth-order valence-corrected chi connectivity index (χ4v) is 1.76. The maximum Gasteiger partial charge on any atom is 0.326 e. The van der Waals surface area contributed by atoms with Crippen molar-refractivity contribution in [3.8, 4) is 0 Å². The third-order valence-corrected chi connectivity index (χ3v) is 2.73. The van der Waals surface area contributed by atoms with E-state index in [0.717, 1.165) is 25.9 Å². The molecule has 5 nitrogen and oxygen atoms in total. The van der Waals surface area contributed by atoms with Crippen LogP contribution in [0.25, 0.3) is 0 Å². The number of hydrogen-bond acceptors (Lipinski definition) is 3. The Hall–Kier alpha value is -1.36. The lowest BCUT2D eigenvalue weighted by molar-refractivity contribution is -0.142. The van der Waals surface area contributed by atoms with Crippen molar-refractivity contribution in [3.63, 3.8) is 0 Å². The summed E-state index contributed by atoms with van der Waals surface area (Å²) in [6, 6.07) is -0.847. The lowest BCUT2D eigenvalue weighted by Crippen LogP contribution is -2.45. The molecule has 0 saturated carbocycles. The topological polar surface area (TPSA) is 78.4 Å². The van der Waals surface area contributed by atoms with Crippen LogP contribution in [0.3, 0.4) is 0 Å². The number of carboxylic acid groups (broad SMARTS) is 1. The summed E-state index contributed by atoms with van der Waals surface area (Å²) in [6.07, 6.45) is 3.30. The molecule has 1 unspecified atom stereocenters. The van der Waals surface area contributed by atoms with Crippen LogP contribution < -0.4 is 10.6 Å². The van der Waals surface area contributed by atoms with Crippen molar-refractivity contribution >= 4 is 11.9 Å². The number of carbonyl (C=O) groups is 2. The highest BCUT2D eigenvalue weighted by atomic mass is 16.4. The zero-order valence-electron chi connectivity index (χ0n) is 9.24. The minimum atomic E-state index is -1.01. The summed E-state index contributed by atoms with van der Waals surface area (Å²) in [7, 11) is 0. The summed E-state index contributed by atoms with van der Waals surface area (Å²) in [5.41, 5.74) is 0. The molecule has 3 N–H and O–H groups in total. The molecule has 90 valence electrons. The average molecular weight is 226 g/mol. The molecule has 1 aliphatic rings. The molecule has 1 atom stereocenters. The molecule has 1 rings (SSSR count). The first-order chi connectivity index (χ1) is 7.65. The lowest BCUT2D eigenvalue weighted by atomic mass is 9.97. The summed E-state index contributed by atoms with van der Waals surface area (Å²) in [6.45, 7) is 5.11. The molecular formula is C11H18N2O3. The Balaban J connectivity index is 2.46. The van der Waals surface area contributed by atoms with Gasteiger partial charge in [0.05, 0.1) is 0 Å². The third kappa shape index (κ3) is 3.66. The van der Waals surface area contributed by atoms with E-state index in [1.54, 1.807) is 0 Å². The van der Waals surface area contributed by atoms with Gasteiger partial charge in [0.2, 0.25) is 5.91 Å². The summed E-state index contributed by atoms with van der Waals surface area (Å²) in [5.74, 6) is -1.23. The maximum atomic E-state index is 11.8. The lowest BCUT2D eigenvalue weighted by Gasteiger charge is -2.23. The van der Waals surface area contributed by atoms with Gasteiger partial charge in [-0.05, 0) is 32.4 Å². The number of amides is 1. The minimum Gasteiger partial charge on any atom is -0.480 e. The van der Waals surface area contributed by atoms with Gasteiger partial charge in [-0.3, -0.25) is 4.79 Å². The van der Waals surface area contributed by atoms with Crippen molar-refractivity contribution < 1.29 is 14.7 Å². The van der Waals surface area contributed by atoms with Gasteiger partial charge in [-0.15, -0.1) is 6.58 Å². The van der Waals surface area contributed by atoms with Crippen molar-refractivity contribution in [1.82, 2.24) is 10.6 Å². The molecule has 0 aromatic rings. The number of hydrogen-bond donors (Lipinski definition) is 3. The van der Waals surface area contributed by atoms with Crippen LogP contribution in [-0.4, -0.2) is 36.1 Å². The first-order valence-corrected chi connectivity index (χ1v) is 5.50. The Morgan fingerprint density at radius 1 is 1.50 bits per heavy atom. The first kappa shape index (κ1) is 12.7. The van der Waals surface area contributed by atoms with Gasteiger partial charge in [0.15, 0.2) is 0 Å². The maximum absolute atomic E-state index is 11.8. The molecule has 0 aliphatic carbocycles. The molecule has 1 fully saturated rings. The van der Waals surface area contributed by atoms with Crippen LogP contribution in [0.1, 0.15) is 19.3 Å². The number of carbonyl (C=O) groups excluding carboxylic acids is 1. The van der Waals surface area contributed by atoms with Crippen LogP contribution in [0.4, 0.5) is 0 Å². The zero-order valence-corrected chi connectivity index (χ0v) is 9.24. The highest BCUT2D eigenvalue weighted by Crippen LogP contribution is 2.12. The number of piperidine rings is 1. The molecule has 1 heterocycles. The van der Waals surface area contributed by atoms with Gasteiger partial charge in [0.1, 0.15) is 6.04 Å². The van der Waals surface area contributed by atoms with Crippen LogP contribution in [0.15, 0.2) is 12.7 Å². The molecular weight excluding hydrogens is 208 g/mol. The van der Waals surface area contributed by atoms with Gasteiger partial charge < -0.3 is 15.7 Å². The van der Waals surface area contributed by atoms with E-state index < -0.39 is 12.0 Å². The summed E-state index contributed by atoms with van der Waals surface area (Å²) in [5, 5.41) is 14.6. The number of carboxylic acids is 1. The van der Waals surface area contributed by atoms with Crippen molar-refractivity contribution in [1.29, 1.82) is 0 Å². The smallest absolute Gasteiger partial charge is 0.326 e. The number of rotatable bonds is 5. The quantitative estimate of drug-likeness (QED) is 0.582. The van der Waals surface area contributed by atoms with E-state index in [-0.39, 0.29) is 18.2 Å². The largest absolute Gasteiger partial charge is 0.480 e. The first-order valence-electron chi connectivity index (χ1n) is 5.50. The predicted octanol–water partition coefficient (Wildman–Crippen LogP) is 0.132. The summed E-state index contributed by atoms with van der Waals surface area (Å²) >= 11 is 0. The van der Waals surface area contributed by atoms with Gasteiger partial charge in [0.25, 0.3) is 0 Å². The molecule has 1 saturated heterocycles. The Bertz CT molecular complexity index is 272. The van der Waals surface area contributed by atoms with Crippen molar-refractivity contribution in [2.45, 2.75) is 25.3 Å². The molecule has 0 radical (unpaired) electrons. The van der Waals surface area contributed by atoms with E-state index >= 15 is 0 Å². The Morgan fingerprint density at radius 2 is 2.12 bits per heavy atom. The van der Waals surface area contributed by atoms with Crippen LogP contribution in [0.5, 0.6) is 0 Å². The van der Waals surface area contributed by atoms with E-state index in [0.29, 0.717) is 0 Å². The van der Waals surface area contributed by atoms with E-state index in [9.17, 15) is 9.59 Å². The average Bonchev–Trinajstić information content (AvgIpc) is 2.29. The van der Waals surface area contributed by atoms with Crippen LogP contribution in [-0.2, 0) is 9.59 Å². The molecule has 16 heavy (non-hydrogen) atoms. The van der Waals surface area contributed by atoms with Gasteiger partial charge in [-0.25, -0.2) is 4.79 Å². The number of nitrogens with one attached hydrogen (secondary N) is 2. The second-order valence-corrected chi connectivity index (χ2v) is 3.95. The second kappa shape index (κ2) is 6.27. The monoisotopic (exact) mass is 226 g/mol. The molecule has 1 amide bonds. The van der Waals surface area contributed by atoms with Crippen LogP contribution >= 0.6 is 0 Å². The Kier molecular flexibility index (Phi) is 4.98. The minimum absolute atomic E-state index is 0.0621. The molecule has 0 aromatic heterocycles. The molecule has 0 bridgehead atoms. The van der Waals surface area contributed by atoms with Crippen molar-refractivity contribution in [2.24, 2.45) is 5.92 Å². The van der Waals surface area contributed by atoms with Gasteiger partial charge >= 0.3 is 5.97 Å². The van der Waals surface area contributed by atoms with Crippen LogP contribution in [0, 0.1) is 5.92 Å². The zero-order chi connectivity index (χ0) is 12.0. The standard InChI is InChI=1S/C11H18N2O3/c1-2-3-9(11(15)16)13-10(14)8-4-6-12-7-5-8/h2,8-9,12H,1,3-7H2,(H,13,14)(H,15,16). The predicted molar refractivity (Wildman–Crippen MR) is 60.0 cm³/mol. The normalized spacial score (nSPS) is 18.8. The Morgan fingerprint density at radius 3 is 2.62 bits per heavy atom. The molecule has 0 spiro atoms. The second-order valence-electron chi connectivity index (χ2n) is 3.95. The van der Waals surface area contributed by atoms with E-state index in [1.807, 2.05) is 0 Å². The summed E-state index contributed by atoms with van der Waals surface area (Å²) in [4.78, 5) is 22.6. The van der Waals surface area contributed by atoms with Gasteiger partial charge in [-0.2, -0.15) is 0 Å². The van der Waals surface area contributed by atoms with Crippen LogP contribution in [0.2, 0.25) is 0 Å². The Labute approximate surface area is 94.9 Å². The van der Waals surface area contributed by atoms with E-state index in [2.05, 4.69) is 17.2 Å². The van der Waals surface area contributed by atoms with Gasteiger partial charge in [-0.1, -0.05) is 6.08 Å². The number of aliphatic carboxylic acids is 1. The molecule has 5 heteroatoms. The molecule has 1 aliphatic heterocycles. The van der Waals surface area contributed by atoms with Crippen molar-refractivity contribution in [2.75, 3.05) is 13.1 Å². The molecule has 0 aromatic carbocycles.